The van der Waals surface area contributed by atoms with E-state index in [4.69, 9.17) is 0 Å². The summed E-state index contributed by atoms with van der Waals surface area (Å²) in [6.45, 7) is 1.12. The van der Waals surface area contributed by atoms with Crippen LogP contribution < -0.4 is 10.2 Å². The number of anilines is 1. The quantitative estimate of drug-likeness (QED) is 0.534. The van der Waals surface area contributed by atoms with Gasteiger partial charge in [-0.3, -0.25) is 9.59 Å². The lowest BCUT2D eigenvalue weighted by Gasteiger charge is -2.22. The van der Waals surface area contributed by atoms with Gasteiger partial charge in [-0.05, 0) is 29.8 Å². The smallest absolute Gasteiger partial charge is 0.345 e. The average Bonchev–Trinajstić information content (AvgIpc) is 2.69. The second-order valence-electron chi connectivity index (χ2n) is 6.62. The number of nitrogens with one attached hydrogen (secondary N) is 1. The number of carbonyl (C=O) groups excluding carboxylic acids is 2. The van der Waals surface area contributed by atoms with E-state index >= 15 is 0 Å². The predicted molar refractivity (Wildman–Crippen MR) is 105 cm³/mol. The normalized spacial score (nSPS) is 11.3. The highest BCUT2D eigenvalue weighted by Gasteiger charge is 2.38. The van der Waals surface area contributed by atoms with E-state index in [0.717, 1.165) is 4.90 Å². The van der Waals surface area contributed by atoms with Crippen LogP contribution in [-0.4, -0.2) is 24.9 Å². The van der Waals surface area contributed by atoms with Crippen LogP contribution in [0.3, 0.4) is 0 Å². The molecule has 0 heterocycles. The van der Waals surface area contributed by atoms with Crippen molar-refractivity contribution in [3.05, 3.63) is 65.2 Å². The number of carbonyl (C=O) groups is 2. The highest BCUT2D eigenvalue weighted by Crippen LogP contribution is 2.37. The van der Waals surface area contributed by atoms with Gasteiger partial charge in [-0.25, -0.2) is 0 Å². The summed E-state index contributed by atoms with van der Waals surface area (Å²) in [5, 5.41) is 2.44. The van der Waals surface area contributed by atoms with Crippen molar-refractivity contribution in [2.24, 2.45) is 0 Å². The van der Waals surface area contributed by atoms with Gasteiger partial charge in [0.05, 0.1) is 30.6 Å². The zero-order chi connectivity index (χ0) is 23.9. The number of rotatable bonds is 5. The molecule has 170 valence electrons. The summed E-state index contributed by atoms with van der Waals surface area (Å²) >= 11 is 0. The van der Waals surface area contributed by atoms with Crippen molar-refractivity contribution in [3.63, 3.8) is 0 Å². The standard InChI is InChI=1S/C22H18F6N2O2/c1-15(31)29-11-5-6-12-30(18-7-3-2-4-8-18)20(32)13-16-9-10-17(21(23,24)25)14-19(16)22(26,27)28/h2-4,7-10,14H,11-13H2,1H3,(H,29,31). The number of alkyl halides is 6. The van der Waals surface area contributed by atoms with Gasteiger partial charge < -0.3 is 10.2 Å². The molecule has 0 aromatic heterocycles. The Morgan fingerprint density at radius 1 is 0.938 bits per heavy atom. The van der Waals surface area contributed by atoms with E-state index in [2.05, 4.69) is 17.2 Å². The molecule has 2 rings (SSSR count). The molecule has 0 aliphatic heterocycles. The van der Waals surface area contributed by atoms with Gasteiger partial charge in [0.15, 0.2) is 0 Å². The van der Waals surface area contributed by atoms with Crippen molar-refractivity contribution in [3.8, 4) is 11.8 Å². The van der Waals surface area contributed by atoms with E-state index in [9.17, 15) is 35.9 Å². The molecule has 0 radical (unpaired) electrons. The zero-order valence-electron chi connectivity index (χ0n) is 16.8. The molecule has 2 aromatic carbocycles. The number of amides is 2. The first-order chi connectivity index (χ1) is 14.9. The molecule has 0 bridgehead atoms. The molecular formula is C22H18F6N2O2. The molecule has 0 aliphatic rings. The van der Waals surface area contributed by atoms with Crippen LogP contribution in [0.2, 0.25) is 0 Å². The van der Waals surface area contributed by atoms with Crippen LogP contribution in [0, 0.1) is 11.8 Å². The topological polar surface area (TPSA) is 49.4 Å². The molecule has 2 amide bonds. The number of hydrogen-bond donors (Lipinski definition) is 1. The molecule has 0 saturated carbocycles. The van der Waals surface area contributed by atoms with E-state index < -0.39 is 41.4 Å². The molecule has 0 aliphatic carbocycles. The Morgan fingerprint density at radius 3 is 2.16 bits per heavy atom. The minimum Gasteiger partial charge on any atom is -0.345 e. The lowest BCUT2D eigenvalue weighted by Crippen LogP contribution is -2.33. The van der Waals surface area contributed by atoms with Gasteiger partial charge in [-0.1, -0.05) is 36.1 Å². The zero-order valence-corrected chi connectivity index (χ0v) is 16.8. The minimum absolute atomic E-state index is 0.00268. The van der Waals surface area contributed by atoms with Gasteiger partial charge >= 0.3 is 12.4 Å². The molecule has 0 saturated heterocycles. The van der Waals surface area contributed by atoms with Crippen molar-refractivity contribution < 1.29 is 35.9 Å². The monoisotopic (exact) mass is 456 g/mol. The Morgan fingerprint density at radius 2 is 1.59 bits per heavy atom. The summed E-state index contributed by atoms with van der Waals surface area (Å²) in [6, 6.07) is 9.16. The van der Waals surface area contributed by atoms with Gasteiger partial charge in [0.1, 0.15) is 0 Å². The van der Waals surface area contributed by atoms with Crippen molar-refractivity contribution in [2.75, 3.05) is 18.0 Å². The Bertz CT molecular complexity index is 1020. The molecule has 1 N–H and O–H groups in total. The van der Waals surface area contributed by atoms with E-state index in [-0.39, 0.29) is 25.1 Å². The van der Waals surface area contributed by atoms with Gasteiger partial charge in [-0.2, -0.15) is 26.3 Å². The van der Waals surface area contributed by atoms with Gasteiger partial charge in [-0.15, -0.1) is 0 Å². The van der Waals surface area contributed by atoms with Crippen molar-refractivity contribution in [1.82, 2.24) is 5.32 Å². The van der Waals surface area contributed by atoms with E-state index in [1.165, 1.54) is 6.92 Å². The van der Waals surface area contributed by atoms with Crippen LogP contribution >= 0.6 is 0 Å². The SMILES string of the molecule is CC(=O)NCC#CCN(C(=O)Cc1ccc(C(F)(F)F)cc1C(F)(F)F)c1ccccc1. The van der Waals surface area contributed by atoms with E-state index in [0.29, 0.717) is 17.8 Å². The lowest BCUT2D eigenvalue weighted by atomic mass is 10.00. The molecule has 4 nitrogen and oxygen atoms in total. The summed E-state index contributed by atoms with van der Waals surface area (Å²) in [5.41, 5.74) is -3.20. The van der Waals surface area contributed by atoms with Crippen molar-refractivity contribution in [2.45, 2.75) is 25.7 Å². The Hall–Kier alpha value is -3.48. The molecule has 32 heavy (non-hydrogen) atoms. The Balaban J connectivity index is 2.33. The predicted octanol–water partition coefficient (Wildman–Crippen LogP) is 4.44. The first-order valence-electron chi connectivity index (χ1n) is 9.22. The second kappa shape index (κ2) is 10.2. The number of para-hydroxylation sites is 1. The van der Waals surface area contributed by atoms with Crippen LogP contribution in [0.4, 0.5) is 32.0 Å². The van der Waals surface area contributed by atoms with Gasteiger partial charge in [0, 0.05) is 12.6 Å². The third kappa shape index (κ3) is 7.04. The fraction of sp³-hybridized carbons (Fsp3) is 0.273. The van der Waals surface area contributed by atoms with E-state index in [1.54, 1.807) is 30.3 Å². The average molecular weight is 456 g/mol. The highest BCUT2D eigenvalue weighted by atomic mass is 19.4. The number of hydrogen-bond acceptors (Lipinski definition) is 2. The van der Waals surface area contributed by atoms with Crippen LogP contribution in [0.25, 0.3) is 0 Å². The van der Waals surface area contributed by atoms with E-state index in [1.807, 2.05) is 0 Å². The molecule has 10 heteroatoms. The summed E-state index contributed by atoms with van der Waals surface area (Å²) in [4.78, 5) is 24.8. The third-order valence-electron chi connectivity index (χ3n) is 4.24. The lowest BCUT2D eigenvalue weighted by molar-refractivity contribution is -0.143. The molecular weight excluding hydrogens is 438 g/mol. The highest BCUT2D eigenvalue weighted by molar-refractivity contribution is 5.95. The van der Waals surface area contributed by atoms with Crippen LogP contribution in [0.15, 0.2) is 48.5 Å². The Labute approximate surface area is 180 Å². The minimum atomic E-state index is -5.08. The summed E-state index contributed by atoms with van der Waals surface area (Å²) in [6.07, 6.45) is -10.8. The maximum Gasteiger partial charge on any atom is 0.416 e. The molecule has 0 unspecified atom stereocenters. The molecule has 2 aromatic rings. The largest absolute Gasteiger partial charge is 0.416 e. The van der Waals surface area contributed by atoms with Crippen molar-refractivity contribution in [1.29, 1.82) is 0 Å². The summed E-state index contributed by atoms with van der Waals surface area (Å²) in [5.74, 6) is 4.17. The first kappa shape index (κ1) is 24.8. The fourth-order valence-corrected chi connectivity index (χ4v) is 2.73. The van der Waals surface area contributed by atoms with Crippen LogP contribution in [0.5, 0.6) is 0 Å². The molecule has 0 fully saturated rings. The first-order valence-corrected chi connectivity index (χ1v) is 9.22. The molecule has 0 spiro atoms. The number of nitrogens with zero attached hydrogens (tertiary/aromatic N) is 1. The van der Waals surface area contributed by atoms with Gasteiger partial charge in [0.2, 0.25) is 11.8 Å². The van der Waals surface area contributed by atoms with Crippen molar-refractivity contribution >= 4 is 17.5 Å². The van der Waals surface area contributed by atoms with Gasteiger partial charge in [0.25, 0.3) is 0 Å². The maximum atomic E-state index is 13.4. The fourth-order valence-electron chi connectivity index (χ4n) is 2.73. The summed E-state index contributed by atoms with van der Waals surface area (Å²) < 4.78 is 78.8. The van der Waals surface area contributed by atoms with Crippen LogP contribution in [-0.2, 0) is 28.4 Å². The maximum absolute atomic E-state index is 13.4. The third-order valence-corrected chi connectivity index (χ3v) is 4.24. The second-order valence-corrected chi connectivity index (χ2v) is 6.62. The molecule has 0 atom stereocenters. The Kier molecular flexibility index (Phi) is 7.92. The van der Waals surface area contributed by atoms with Crippen LogP contribution in [0.1, 0.15) is 23.6 Å². The number of halogens is 6. The summed E-state index contributed by atoms with van der Waals surface area (Å²) in [7, 11) is 0. The number of benzene rings is 2.